The van der Waals surface area contributed by atoms with Crippen molar-refractivity contribution in [2.75, 3.05) is 11.9 Å². The van der Waals surface area contributed by atoms with Crippen LogP contribution in [-0.2, 0) is 14.3 Å². The number of carbonyl (C=O) groups excluding carboxylic acids is 2. The lowest BCUT2D eigenvalue weighted by atomic mass is 9.82. The number of hydrogen-bond donors (Lipinski definition) is 1. The van der Waals surface area contributed by atoms with Gasteiger partial charge >= 0.3 is 12.3 Å². The van der Waals surface area contributed by atoms with E-state index in [0.717, 1.165) is 0 Å². The number of rotatable bonds is 5. The molecule has 0 saturated carbocycles. The van der Waals surface area contributed by atoms with Gasteiger partial charge in [-0.3, -0.25) is 9.59 Å². The number of anilines is 1. The SMILES string of the molecule is CCOC(=O)[C@@H]1C(=O)C=C(Nc2ccc(OC(F)(F)F)cc2)C[C@H]1C. The molecule has 0 unspecified atom stereocenters. The zero-order valence-corrected chi connectivity index (χ0v) is 13.7. The van der Waals surface area contributed by atoms with E-state index in [1.165, 1.54) is 30.3 Å². The summed E-state index contributed by atoms with van der Waals surface area (Å²) in [5.41, 5.74) is 1.10. The number of esters is 1. The Morgan fingerprint density at radius 3 is 2.44 bits per heavy atom. The third kappa shape index (κ3) is 5.23. The minimum Gasteiger partial charge on any atom is -0.465 e. The van der Waals surface area contributed by atoms with Crippen LogP contribution in [-0.4, -0.2) is 24.7 Å². The zero-order chi connectivity index (χ0) is 18.6. The van der Waals surface area contributed by atoms with Gasteiger partial charge in [-0.1, -0.05) is 6.92 Å². The van der Waals surface area contributed by atoms with Crippen molar-refractivity contribution in [1.29, 1.82) is 0 Å². The first kappa shape index (κ1) is 18.8. The van der Waals surface area contributed by atoms with Crippen LogP contribution in [0.2, 0.25) is 0 Å². The van der Waals surface area contributed by atoms with Crippen LogP contribution in [0.3, 0.4) is 0 Å². The molecule has 0 bridgehead atoms. The summed E-state index contributed by atoms with van der Waals surface area (Å²) in [5.74, 6) is -2.29. The molecule has 0 aromatic heterocycles. The van der Waals surface area contributed by atoms with E-state index >= 15 is 0 Å². The second kappa shape index (κ2) is 7.58. The van der Waals surface area contributed by atoms with Crippen LogP contribution in [0.1, 0.15) is 20.3 Å². The quantitative estimate of drug-likeness (QED) is 0.643. The average Bonchev–Trinajstić information content (AvgIpc) is 2.47. The van der Waals surface area contributed by atoms with Crippen molar-refractivity contribution >= 4 is 17.4 Å². The molecule has 136 valence electrons. The standard InChI is InChI=1S/C17H18F3NO4/c1-3-24-16(23)15-10(2)8-12(9-14(15)22)21-11-4-6-13(7-5-11)25-17(18,19)20/h4-7,9-10,15,21H,3,8H2,1-2H3/t10-,15+/m1/s1. The van der Waals surface area contributed by atoms with E-state index in [1.807, 2.05) is 0 Å². The van der Waals surface area contributed by atoms with Crippen molar-refractivity contribution in [3.63, 3.8) is 0 Å². The van der Waals surface area contributed by atoms with Crippen LogP contribution in [0.15, 0.2) is 36.0 Å². The predicted octanol–water partition coefficient (Wildman–Crippen LogP) is 3.67. The van der Waals surface area contributed by atoms with Crippen LogP contribution in [0.25, 0.3) is 0 Å². The Balaban J connectivity index is 2.05. The summed E-state index contributed by atoms with van der Waals surface area (Å²) in [6, 6.07) is 5.17. The summed E-state index contributed by atoms with van der Waals surface area (Å²) in [7, 11) is 0. The normalized spacial score (nSPS) is 20.7. The summed E-state index contributed by atoms with van der Waals surface area (Å²) in [5, 5.41) is 2.97. The zero-order valence-electron chi connectivity index (χ0n) is 13.7. The van der Waals surface area contributed by atoms with Gasteiger partial charge in [-0.15, -0.1) is 13.2 Å². The third-order valence-electron chi connectivity index (χ3n) is 3.67. The third-order valence-corrected chi connectivity index (χ3v) is 3.67. The lowest BCUT2D eigenvalue weighted by Crippen LogP contribution is -2.34. The molecule has 0 aliphatic heterocycles. The maximum Gasteiger partial charge on any atom is 0.573 e. The number of carbonyl (C=O) groups is 2. The monoisotopic (exact) mass is 357 g/mol. The molecule has 25 heavy (non-hydrogen) atoms. The van der Waals surface area contributed by atoms with Crippen molar-refractivity contribution in [1.82, 2.24) is 0 Å². The van der Waals surface area contributed by atoms with Crippen molar-refractivity contribution in [2.45, 2.75) is 26.6 Å². The molecule has 8 heteroatoms. The highest BCUT2D eigenvalue weighted by molar-refractivity contribution is 6.06. The van der Waals surface area contributed by atoms with Gasteiger partial charge in [0.15, 0.2) is 5.78 Å². The topological polar surface area (TPSA) is 64.6 Å². The van der Waals surface area contributed by atoms with Crippen molar-refractivity contribution < 1.29 is 32.2 Å². The molecule has 2 atom stereocenters. The van der Waals surface area contributed by atoms with Gasteiger partial charge in [0.2, 0.25) is 0 Å². The van der Waals surface area contributed by atoms with E-state index in [2.05, 4.69) is 10.1 Å². The summed E-state index contributed by atoms with van der Waals surface area (Å²) < 4.78 is 45.1. The highest BCUT2D eigenvalue weighted by Crippen LogP contribution is 2.30. The van der Waals surface area contributed by atoms with Gasteiger partial charge in [0.1, 0.15) is 11.7 Å². The maximum absolute atomic E-state index is 12.2. The molecule has 1 aliphatic rings. The van der Waals surface area contributed by atoms with Gasteiger partial charge < -0.3 is 14.8 Å². The van der Waals surface area contributed by atoms with Crippen LogP contribution < -0.4 is 10.1 Å². The molecule has 1 aromatic carbocycles. The molecule has 0 fully saturated rings. The number of hydrogen-bond acceptors (Lipinski definition) is 5. The summed E-state index contributed by atoms with van der Waals surface area (Å²) in [6.45, 7) is 3.65. The van der Waals surface area contributed by atoms with E-state index in [1.54, 1.807) is 13.8 Å². The van der Waals surface area contributed by atoms with Gasteiger partial charge in [-0.25, -0.2) is 0 Å². The molecule has 0 spiro atoms. The lowest BCUT2D eigenvalue weighted by Gasteiger charge is -2.26. The molecule has 0 radical (unpaired) electrons. The van der Waals surface area contributed by atoms with E-state index < -0.39 is 18.2 Å². The highest BCUT2D eigenvalue weighted by Gasteiger charge is 2.36. The second-order valence-corrected chi connectivity index (χ2v) is 5.68. The second-order valence-electron chi connectivity index (χ2n) is 5.68. The number of alkyl halides is 3. The Morgan fingerprint density at radius 1 is 1.28 bits per heavy atom. The van der Waals surface area contributed by atoms with E-state index in [9.17, 15) is 22.8 Å². The first-order chi connectivity index (χ1) is 11.7. The van der Waals surface area contributed by atoms with Crippen molar-refractivity contribution in [3.05, 3.63) is 36.0 Å². The predicted molar refractivity (Wildman–Crippen MR) is 83.7 cm³/mol. The van der Waals surface area contributed by atoms with Gasteiger partial charge in [0, 0.05) is 17.5 Å². The summed E-state index contributed by atoms with van der Waals surface area (Å²) >= 11 is 0. The molecule has 2 rings (SSSR count). The fourth-order valence-corrected chi connectivity index (χ4v) is 2.66. The molecule has 1 aromatic rings. The lowest BCUT2D eigenvalue weighted by molar-refractivity contribution is -0.274. The molecule has 0 saturated heterocycles. The maximum atomic E-state index is 12.2. The van der Waals surface area contributed by atoms with Crippen LogP contribution in [0.5, 0.6) is 5.75 Å². The molecule has 1 N–H and O–H groups in total. The fraction of sp³-hybridized carbons (Fsp3) is 0.412. The number of ketones is 1. The first-order valence-corrected chi connectivity index (χ1v) is 7.73. The van der Waals surface area contributed by atoms with Gasteiger partial charge in [-0.05, 0) is 43.5 Å². The van der Waals surface area contributed by atoms with Crippen LogP contribution >= 0.6 is 0 Å². The Kier molecular flexibility index (Phi) is 5.71. The fourth-order valence-electron chi connectivity index (χ4n) is 2.66. The minimum atomic E-state index is -4.75. The smallest absolute Gasteiger partial charge is 0.465 e. The Bertz CT molecular complexity index is 667. The number of halogens is 3. The molecular formula is C17H18F3NO4. The highest BCUT2D eigenvalue weighted by atomic mass is 19.4. The van der Waals surface area contributed by atoms with E-state index in [0.29, 0.717) is 17.8 Å². The Morgan fingerprint density at radius 2 is 1.92 bits per heavy atom. The number of benzene rings is 1. The van der Waals surface area contributed by atoms with Crippen molar-refractivity contribution in [2.24, 2.45) is 11.8 Å². The van der Waals surface area contributed by atoms with Gasteiger partial charge in [-0.2, -0.15) is 0 Å². The van der Waals surface area contributed by atoms with Crippen LogP contribution in [0.4, 0.5) is 18.9 Å². The molecular weight excluding hydrogens is 339 g/mol. The summed E-state index contributed by atoms with van der Waals surface area (Å²) in [4.78, 5) is 24.0. The van der Waals surface area contributed by atoms with E-state index in [-0.39, 0.29) is 24.1 Å². The number of ether oxygens (including phenoxy) is 2. The average molecular weight is 357 g/mol. The molecule has 5 nitrogen and oxygen atoms in total. The minimum absolute atomic E-state index is 0.205. The molecule has 0 heterocycles. The van der Waals surface area contributed by atoms with E-state index in [4.69, 9.17) is 4.74 Å². The summed E-state index contributed by atoms with van der Waals surface area (Å²) in [6.07, 6.45) is -2.97. The van der Waals surface area contributed by atoms with Gasteiger partial charge in [0.25, 0.3) is 0 Å². The van der Waals surface area contributed by atoms with Crippen molar-refractivity contribution in [3.8, 4) is 5.75 Å². The van der Waals surface area contributed by atoms with Gasteiger partial charge in [0.05, 0.1) is 6.61 Å². The van der Waals surface area contributed by atoms with Crippen LogP contribution in [0, 0.1) is 11.8 Å². The Labute approximate surface area is 142 Å². The Hall–Kier alpha value is -2.51. The number of nitrogens with one attached hydrogen (secondary N) is 1. The molecule has 0 amide bonds. The first-order valence-electron chi connectivity index (χ1n) is 7.73. The molecule has 1 aliphatic carbocycles. The number of allylic oxidation sites excluding steroid dienone is 2. The largest absolute Gasteiger partial charge is 0.573 e.